The van der Waals surface area contributed by atoms with Crippen molar-refractivity contribution in [3.8, 4) is 0 Å². The van der Waals surface area contributed by atoms with Gasteiger partial charge in [-0.05, 0) is 37.3 Å². The molecule has 24 heavy (non-hydrogen) atoms. The van der Waals surface area contributed by atoms with Gasteiger partial charge in [0.1, 0.15) is 0 Å². The Morgan fingerprint density at radius 1 is 1.29 bits per heavy atom. The van der Waals surface area contributed by atoms with E-state index in [9.17, 15) is 4.79 Å². The van der Waals surface area contributed by atoms with Crippen LogP contribution in [0.1, 0.15) is 23.0 Å². The van der Waals surface area contributed by atoms with Gasteiger partial charge in [-0.3, -0.25) is 9.78 Å². The molecule has 1 amide bonds. The van der Waals surface area contributed by atoms with Crippen molar-refractivity contribution in [2.45, 2.75) is 18.4 Å². The van der Waals surface area contributed by atoms with E-state index in [2.05, 4.69) is 15.6 Å². The summed E-state index contributed by atoms with van der Waals surface area (Å²) in [5.74, 6) is -0.207. The summed E-state index contributed by atoms with van der Waals surface area (Å²) in [5, 5.41) is 7.18. The Balaban J connectivity index is 0.00000208. The van der Waals surface area contributed by atoms with Gasteiger partial charge in [0, 0.05) is 30.4 Å². The van der Waals surface area contributed by atoms with Crippen LogP contribution in [0.25, 0.3) is 0 Å². The van der Waals surface area contributed by atoms with Gasteiger partial charge in [-0.1, -0.05) is 29.3 Å². The van der Waals surface area contributed by atoms with Crippen molar-refractivity contribution in [2.24, 2.45) is 0 Å². The highest BCUT2D eigenvalue weighted by Gasteiger charge is 2.45. The molecule has 1 aliphatic rings. The molecular weight excluding hydrogens is 369 g/mol. The second-order valence-corrected chi connectivity index (χ2v) is 6.64. The summed E-state index contributed by atoms with van der Waals surface area (Å²) in [7, 11) is 0. The number of nitrogens with one attached hydrogen (secondary N) is 2. The third kappa shape index (κ3) is 3.52. The van der Waals surface area contributed by atoms with Crippen LogP contribution in [0, 0.1) is 0 Å². The van der Waals surface area contributed by atoms with E-state index in [4.69, 9.17) is 23.2 Å². The van der Waals surface area contributed by atoms with Gasteiger partial charge in [-0.15, -0.1) is 12.4 Å². The number of carbonyl (C=O) groups excluding carboxylic acids is 1. The number of halogens is 3. The molecule has 0 aliphatic carbocycles. The topological polar surface area (TPSA) is 54.0 Å². The number of nitrogens with zero attached hydrogens (tertiary/aromatic N) is 1. The van der Waals surface area contributed by atoms with E-state index in [0.717, 1.165) is 18.8 Å². The van der Waals surface area contributed by atoms with Gasteiger partial charge in [0.25, 0.3) is 5.91 Å². The van der Waals surface area contributed by atoms with Gasteiger partial charge >= 0.3 is 0 Å². The molecule has 2 N–H and O–H groups in total. The molecule has 0 spiro atoms. The number of aromatic nitrogens is 1. The molecule has 1 aromatic heterocycles. The van der Waals surface area contributed by atoms with Crippen LogP contribution in [0.4, 0.5) is 0 Å². The lowest BCUT2D eigenvalue weighted by molar-refractivity contribution is 0.0895. The number of hydrogen-bond donors (Lipinski definition) is 2. The van der Waals surface area contributed by atoms with Crippen LogP contribution in [0.3, 0.4) is 0 Å². The van der Waals surface area contributed by atoms with Crippen molar-refractivity contribution in [3.05, 3.63) is 63.9 Å². The largest absolute Gasteiger partial charge is 0.348 e. The standard InChI is InChI=1S/C17H17Cl2N3O.ClH/c1-11(17(9-20-10-17)15-4-2-3-7-21-15)22-16(23)13-6-5-12(18)8-14(13)19;/h2-8,11,20H,9-10H2,1H3,(H,22,23);1H/t11-;/m0./s1. The maximum atomic E-state index is 12.5. The van der Waals surface area contributed by atoms with Gasteiger partial charge < -0.3 is 10.6 Å². The van der Waals surface area contributed by atoms with Crippen molar-refractivity contribution in [1.82, 2.24) is 15.6 Å². The Morgan fingerprint density at radius 2 is 2.04 bits per heavy atom. The van der Waals surface area contributed by atoms with Crippen molar-refractivity contribution >= 4 is 41.5 Å². The highest BCUT2D eigenvalue weighted by Crippen LogP contribution is 2.31. The summed E-state index contributed by atoms with van der Waals surface area (Å²) < 4.78 is 0. The Kier molecular flexibility index (Phi) is 6.10. The smallest absolute Gasteiger partial charge is 0.253 e. The van der Waals surface area contributed by atoms with Crippen LogP contribution >= 0.6 is 35.6 Å². The molecule has 2 heterocycles. The maximum absolute atomic E-state index is 12.5. The van der Waals surface area contributed by atoms with Gasteiger partial charge in [-0.2, -0.15) is 0 Å². The molecule has 0 radical (unpaired) electrons. The van der Waals surface area contributed by atoms with Gasteiger partial charge in [0.05, 0.1) is 21.7 Å². The van der Waals surface area contributed by atoms with E-state index in [-0.39, 0.29) is 29.8 Å². The third-order valence-corrected chi connectivity index (χ3v) is 4.96. The fourth-order valence-corrected chi connectivity index (χ4v) is 3.34. The summed E-state index contributed by atoms with van der Waals surface area (Å²) in [6, 6.07) is 10.6. The zero-order valence-corrected chi connectivity index (χ0v) is 15.4. The monoisotopic (exact) mass is 385 g/mol. The van der Waals surface area contributed by atoms with Gasteiger partial charge in [0.2, 0.25) is 0 Å². The Bertz CT molecular complexity index is 720. The first-order valence-corrected chi connectivity index (χ1v) is 8.17. The summed E-state index contributed by atoms with van der Waals surface area (Å²) in [4.78, 5) is 17.0. The Hall–Kier alpha value is -1.33. The minimum Gasteiger partial charge on any atom is -0.348 e. The number of rotatable bonds is 4. The van der Waals surface area contributed by atoms with E-state index >= 15 is 0 Å². The molecule has 3 rings (SSSR count). The van der Waals surface area contributed by atoms with Crippen molar-refractivity contribution < 1.29 is 4.79 Å². The van der Waals surface area contributed by atoms with Crippen LogP contribution in [-0.2, 0) is 5.41 Å². The predicted octanol–water partition coefficient (Wildman–Crippen LogP) is 3.47. The fraction of sp³-hybridized carbons (Fsp3) is 0.294. The van der Waals surface area contributed by atoms with Gasteiger partial charge in [0.15, 0.2) is 0 Å². The average Bonchev–Trinajstić information content (AvgIpc) is 2.47. The maximum Gasteiger partial charge on any atom is 0.253 e. The zero-order chi connectivity index (χ0) is 16.4. The molecule has 1 atom stereocenters. The molecule has 2 aromatic rings. The van der Waals surface area contributed by atoms with Crippen LogP contribution in [0.15, 0.2) is 42.6 Å². The van der Waals surface area contributed by atoms with Crippen LogP contribution in [-0.4, -0.2) is 30.0 Å². The molecule has 0 bridgehead atoms. The fourth-order valence-electron chi connectivity index (χ4n) is 2.85. The molecule has 128 valence electrons. The summed E-state index contributed by atoms with van der Waals surface area (Å²) >= 11 is 12.0. The van der Waals surface area contributed by atoms with E-state index in [0.29, 0.717) is 15.6 Å². The SMILES string of the molecule is C[C@H](NC(=O)c1ccc(Cl)cc1Cl)C1(c2ccccn2)CNC1.Cl. The molecule has 7 heteroatoms. The predicted molar refractivity (Wildman–Crippen MR) is 99.4 cm³/mol. The number of benzene rings is 1. The lowest BCUT2D eigenvalue weighted by Gasteiger charge is -2.46. The highest BCUT2D eigenvalue weighted by molar-refractivity contribution is 6.36. The van der Waals surface area contributed by atoms with Crippen LogP contribution < -0.4 is 10.6 Å². The minimum atomic E-state index is -0.207. The molecule has 1 aliphatic heterocycles. The average molecular weight is 387 g/mol. The first-order chi connectivity index (χ1) is 11.0. The van der Waals surface area contributed by atoms with E-state index in [1.807, 2.05) is 25.1 Å². The van der Waals surface area contributed by atoms with Crippen molar-refractivity contribution in [1.29, 1.82) is 0 Å². The lowest BCUT2D eigenvalue weighted by atomic mass is 9.72. The highest BCUT2D eigenvalue weighted by atomic mass is 35.5. The van der Waals surface area contributed by atoms with E-state index in [1.165, 1.54) is 0 Å². The number of pyridine rings is 1. The second kappa shape index (κ2) is 7.70. The molecule has 1 aromatic carbocycles. The lowest BCUT2D eigenvalue weighted by Crippen LogP contribution is -2.66. The summed E-state index contributed by atoms with van der Waals surface area (Å²) in [6.45, 7) is 3.55. The first kappa shape index (κ1) is 19.0. The summed E-state index contributed by atoms with van der Waals surface area (Å²) in [6.07, 6.45) is 1.78. The molecule has 0 saturated carbocycles. The molecule has 1 fully saturated rings. The van der Waals surface area contributed by atoms with Crippen molar-refractivity contribution in [2.75, 3.05) is 13.1 Å². The molecular formula is C17H18Cl3N3O. The summed E-state index contributed by atoms with van der Waals surface area (Å²) in [5.41, 5.74) is 1.20. The van der Waals surface area contributed by atoms with E-state index in [1.54, 1.807) is 24.4 Å². The number of hydrogen-bond acceptors (Lipinski definition) is 3. The Morgan fingerprint density at radius 3 is 2.58 bits per heavy atom. The molecule has 1 saturated heterocycles. The van der Waals surface area contributed by atoms with Crippen LogP contribution in [0.2, 0.25) is 10.0 Å². The number of carbonyl (C=O) groups is 1. The van der Waals surface area contributed by atoms with E-state index < -0.39 is 0 Å². The van der Waals surface area contributed by atoms with Crippen LogP contribution in [0.5, 0.6) is 0 Å². The minimum absolute atomic E-state index is 0. The third-order valence-electron chi connectivity index (χ3n) is 4.41. The number of amides is 1. The van der Waals surface area contributed by atoms with Crippen molar-refractivity contribution in [3.63, 3.8) is 0 Å². The Labute approximate surface area is 157 Å². The molecule has 4 nitrogen and oxygen atoms in total. The zero-order valence-electron chi connectivity index (χ0n) is 13.1. The first-order valence-electron chi connectivity index (χ1n) is 7.41. The normalized spacial score (nSPS) is 16.5. The van der Waals surface area contributed by atoms with Gasteiger partial charge in [-0.25, -0.2) is 0 Å². The second-order valence-electron chi connectivity index (χ2n) is 5.79. The quantitative estimate of drug-likeness (QED) is 0.846. The molecule has 0 unspecified atom stereocenters.